The SMILES string of the molecule is CCOC(=O)[C@@H]1C(=O)N(CCOC)c2nc3ccccc3n2[C@H]1c1ccc(C)cc1. The van der Waals surface area contributed by atoms with Crippen LogP contribution in [0, 0.1) is 12.8 Å². The molecule has 1 aromatic heterocycles. The number of anilines is 1. The fourth-order valence-corrected chi connectivity index (χ4v) is 4.01. The normalized spacial score (nSPS) is 18.5. The van der Waals surface area contributed by atoms with Crippen molar-refractivity contribution in [2.24, 2.45) is 5.92 Å². The van der Waals surface area contributed by atoms with E-state index in [0.717, 1.165) is 22.2 Å². The number of hydrogen-bond donors (Lipinski definition) is 0. The smallest absolute Gasteiger partial charge is 0.321 e. The second-order valence-electron chi connectivity index (χ2n) is 7.34. The summed E-state index contributed by atoms with van der Waals surface area (Å²) < 4.78 is 12.5. The number of aryl methyl sites for hydroxylation is 1. The number of fused-ring (bicyclic) bond motifs is 3. The van der Waals surface area contributed by atoms with Gasteiger partial charge in [-0.05, 0) is 31.5 Å². The summed E-state index contributed by atoms with van der Waals surface area (Å²) in [6.45, 7) is 4.59. The third-order valence-corrected chi connectivity index (χ3v) is 5.42. The Hall–Kier alpha value is -3.19. The lowest BCUT2D eigenvalue weighted by Crippen LogP contribution is -2.51. The molecule has 0 bridgehead atoms. The summed E-state index contributed by atoms with van der Waals surface area (Å²) >= 11 is 0. The molecule has 2 atom stereocenters. The molecule has 0 saturated carbocycles. The van der Waals surface area contributed by atoms with Gasteiger partial charge in [-0.2, -0.15) is 0 Å². The third kappa shape index (κ3) is 3.35. The average Bonchev–Trinajstić information content (AvgIpc) is 3.12. The van der Waals surface area contributed by atoms with Crippen LogP contribution in [0.3, 0.4) is 0 Å². The van der Waals surface area contributed by atoms with Crippen molar-refractivity contribution in [3.8, 4) is 0 Å². The van der Waals surface area contributed by atoms with Crippen molar-refractivity contribution in [3.05, 3.63) is 59.7 Å². The summed E-state index contributed by atoms with van der Waals surface area (Å²) in [6, 6.07) is 15.1. The van der Waals surface area contributed by atoms with E-state index in [9.17, 15) is 9.59 Å². The van der Waals surface area contributed by atoms with Crippen LogP contribution in [-0.2, 0) is 19.1 Å². The minimum absolute atomic E-state index is 0.207. The predicted octanol–water partition coefficient (Wildman–Crippen LogP) is 3.11. The standard InChI is InChI=1S/C23H25N3O4/c1-4-30-22(28)19-20(16-11-9-15(2)10-12-16)26-18-8-6-5-7-17(18)24-23(26)25(21(19)27)13-14-29-3/h5-12,19-20H,4,13-14H2,1-3H3/t19-,20-/m0/s1. The number of benzene rings is 2. The molecule has 30 heavy (non-hydrogen) atoms. The molecule has 156 valence electrons. The van der Waals surface area contributed by atoms with Crippen LogP contribution in [0.25, 0.3) is 11.0 Å². The first-order chi connectivity index (χ1) is 14.6. The Balaban J connectivity index is 1.97. The fraction of sp³-hybridized carbons (Fsp3) is 0.348. The van der Waals surface area contributed by atoms with Crippen LogP contribution in [0.2, 0.25) is 0 Å². The Morgan fingerprint density at radius 1 is 1.13 bits per heavy atom. The maximum absolute atomic E-state index is 13.6. The molecule has 1 amide bonds. The van der Waals surface area contributed by atoms with Gasteiger partial charge in [0, 0.05) is 7.11 Å². The summed E-state index contributed by atoms with van der Waals surface area (Å²) in [5, 5.41) is 0. The second kappa shape index (κ2) is 8.28. The van der Waals surface area contributed by atoms with Crippen molar-refractivity contribution in [3.63, 3.8) is 0 Å². The number of amides is 1. The lowest BCUT2D eigenvalue weighted by molar-refractivity contribution is -0.153. The van der Waals surface area contributed by atoms with Crippen LogP contribution in [0.15, 0.2) is 48.5 Å². The fourth-order valence-electron chi connectivity index (χ4n) is 4.01. The van der Waals surface area contributed by atoms with Crippen LogP contribution >= 0.6 is 0 Å². The Morgan fingerprint density at radius 3 is 2.57 bits per heavy atom. The monoisotopic (exact) mass is 407 g/mol. The summed E-state index contributed by atoms with van der Waals surface area (Å²) in [6.07, 6.45) is 0. The second-order valence-corrected chi connectivity index (χ2v) is 7.34. The molecule has 2 heterocycles. The summed E-state index contributed by atoms with van der Waals surface area (Å²) in [7, 11) is 1.58. The quantitative estimate of drug-likeness (QED) is 0.464. The Bertz CT molecular complexity index is 1070. The van der Waals surface area contributed by atoms with Gasteiger partial charge in [-0.25, -0.2) is 4.98 Å². The van der Waals surface area contributed by atoms with E-state index < -0.39 is 17.9 Å². The van der Waals surface area contributed by atoms with Crippen molar-refractivity contribution < 1.29 is 19.1 Å². The van der Waals surface area contributed by atoms with Gasteiger partial charge < -0.3 is 14.0 Å². The van der Waals surface area contributed by atoms with Crippen LogP contribution in [0.4, 0.5) is 5.95 Å². The number of imidazole rings is 1. The van der Waals surface area contributed by atoms with Gasteiger partial charge in [0.15, 0.2) is 5.92 Å². The number of methoxy groups -OCH3 is 1. The minimum atomic E-state index is -1.00. The molecule has 4 rings (SSSR count). The minimum Gasteiger partial charge on any atom is -0.465 e. The van der Waals surface area contributed by atoms with E-state index in [2.05, 4.69) is 0 Å². The number of aromatic nitrogens is 2. The highest BCUT2D eigenvalue weighted by atomic mass is 16.5. The number of ether oxygens (including phenoxy) is 2. The molecule has 2 aromatic carbocycles. The van der Waals surface area contributed by atoms with E-state index in [0.29, 0.717) is 19.1 Å². The number of nitrogens with zero attached hydrogens (tertiary/aromatic N) is 3. The summed E-state index contributed by atoms with van der Waals surface area (Å²) in [5.74, 6) is -1.34. The van der Waals surface area contributed by atoms with Crippen LogP contribution in [0.5, 0.6) is 0 Å². The Labute approximate surface area is 175 Å². The first kappa shape index (κ1) is 20.1. The lowest BCUT2D eigenvalue weighted by Gasteiger charge is -2.37. The summed E-state index contributed by atoms with van der Waals surface area (Å²) in [4.78, 5) is 32.8. The van der Waals surface area contributed by atoms with Gasteiger partial charge in [-0.3, -0.25) is 14.5 Å². The molecule has 0 aliphatic carbocycles. The molecule has 0 fully saturated rings. The van der Waals surface area contributed by atoms with Gasteiger partial charge in [-0.15, -0.1) is 0 Å². The predicted molar refractivity (Wildman–Crippen MR) is 113 cm³/mol. The Morgan fingerprint density at radius 2 is 1.87 bits per heavy atom. The molecule has 3 aromatic rings. The topological polar surface area (TPSA) is 73.7 Å². The number of carbonyl (C=O) groups excluding carboxylic acids is 2. The molecule has 7 nitrogen and oxygen atoms in total. The average molecular weight is 407 g/mol. The van der Waals surface area contributed by atoms with E-state index in [1.54, 1.807) is 14.0 Å². The van der Waals surface area contributed by atoms with Crippen molar-refractivity contribution in [2.45, 2.75) is 19.9 Å². The van der Waals surface area contributed by atoms with E-state index in [1.165, 1.54) is 4.90 Å². The van der Waals surface area contributed by atoms with Gasteiger partial charge in [-0.1, -0.05) is 42.0 Å². The number of rotatable bonds is 6. The first-order valence-electron chi connectivity index (χ1n) is 10.1. The van der Waals surface area contributed by atoms with Crippen LogP contribution < -0.4 is 4.90 Å². The molecule has 0 saturated heterocycles. The van der Waals surface area contributed by atoms with Crippen LogP contribution in [0.1, 0.15) is 24.1 Å². The van der Waals surface area contributed by atoms with Crippen molar-refractivity contribution in [1.82, 2.24) is 9.55 Å². The van der Waals surface area contributed by atoms with Gasteiger partial charge in [0.05, 0.1) is 36.8 Å². The van der Waals surface area contributed by atoms with Crippen molar-refractivity contribution >= 4 is 28.9 Å². The zero-order chi connectivity index (χ0) is 21.3. The third-order valence-electron chi connectivity index (χ3n) is 5.42. The van der Waals surface area contributed by atoms with E-state index in [-0.39, 0.29) is 12.5 Å². The van der Waals surface area contributed by atoms with Gasteiger partial charge in [0.2, 0.25) is 11.9 Å². The van der Waals surface area contributed by atoms with E-state index in [4.69, 9.17) is 14.5 Å². The largest absolute Gasteiger partial charge is 0.465 e. The van der Waals surface area contributed by atoms with Crippen molar-refractivity contribution in [2.75, 3.05) is 31.8 Å². The maximum atomic E-state index is 13.6. The van der Waals surface area contributed by atoms with Gasteiger partial charge >= 0.3 is 5.97 Å². The number of carbonyl (C=O) groups is 2. The summed E-state index contributed by atoms with van der Waals surface area (Å²) in [5.41, 5.74) is 3.60. The number of para-hydroxylation sites is 2. The van der Waals surface area contributed by atoms with Gasteiger partial charge in [0.1, 0.15) is 0 Å². The number of hydrogen-bond acceptors (Lipinski definition) is 5. The zero-order valence-corrected chi connectivity index (χ0v) is 17.4. The molecular weight excluding hydrogens is 382 g/mol. The molecule has 1 aliphatic rings. The molecule has 0 radical (unpaired) electrons. The molecule has 0 spiro atoms. The van der Waals surface area contributed by atoms with E-state index in [1.807, 2.05) is 60.0 Å². The highest BCUT2D eigenvalue weighted by Gasteiger charge is 2.47. The molecule has 0 unspecified atom stereocenters. The highest BCUT2D eigenvalue weighted by Crippen LogP contribution is 2.41. The lowest BCUT2D eigenvalue weighted by atomic mass is 9.89. The zero-order valence-electron chi connectivity index (χ0n) is 17.4. The molecule has 1 aliphatic heterocycles. The first-order valence-corrected chi connectivity index (χ1v) is 10.1. The highest BCUT2D eigenvalue weighted by molar-refractivity contribution is 6.08. The van der Waals surface area contributed by atoms with Gasteiger partial charge in [0.25, 0.3) is 0 Å². The molecule has 7 heteroatoms. The maximum Gasteiger partial charge on any atom is 0.321 e. The molecular formula is C23H25N3O4. The van der Waals surface area contributed by atoms with Crippen LogP contribution in [-0.4, -0.2) is 48.3 Å². The number of esters is 1. The van der Waals surface area contributed by atoms with E-state index >= 15 is 0 Å². The Kier molecular flexibility index (Phi) is 5.55. The van der Waals surface area contributed by atoms with Crippen molar-refractivity contribution in [1.29, 1.82) is 0 Å². The molecule has 0 N–H and O–H groups in total.